The van der Waals surface area contributed by atoms with E-state index in [9.17, 15) is 4.79 Å². The van der Waals surface area contributed by atoms with Crippen molar-refractivity contribution >= 4 is 34.8 Å². The molecule has 23 heavy (non-hydrogen) atoms. The number of nitrogens with zero attached hydrogens (tertiary/aromatic N) is 2. The lowest BCUT2D eigenvalue weighted by Crippen LogP contribution is -2.15. The lowest BCUT2D eigenvalue weighted by atomic mass is 10.1. The second kappa shape index (κ2) is 6.44. The Labute approximate surface area is 143 Å². The number of hydrogen-bond donors (Lipinski definition) is 1. The fraction of sp³-hybridized carbons (Fsp3) is 0.0588. The van der Waals surface area contributed by atoms with E-state index in [1.165, 1.54) is 0 Å². The first-order chi connectivity index (χ1) is 11.1. The number of halogens is 2. The summed E-state index contributed by atoms with van der Waals surface area (Å²) in [5.41, 5.74) is 2.53. The van der Waals surface area contributed by atoms with E-state index in [1.54, 1.807) is 35.3 Å². The minimum atomic E-state index is -0.361. The number of para-hydroxylation sites is 2. The van der Waals surface area contributed by atoms with Gasteiger partial charge in [-0.2, -0.15) is 5.10 Å². The second-order valence-electron chi connectivity index (χ2n) is 5.03. The molecule has 3 aromatic rings. The summed E-state index contributed by atoms with van der Waals surface area (Å²) in [7, 11) is 0. The Morgan fingerprint density at radius 3 is 2.48 bits per heavy atom. The third kappa shape index (κ3) is 3.23. The molecule has 0 aliphatic heterocycles. The van der Waals surface area contributed by atoms with Crippen molar-refractivity contribution < 1.29 is 4.79 Å². The number of carbonyl (C=O) groups excluding carboxylic acids is 1. The number of anilines is 1. The average molecular weight is 346 g/mol. The molecule has 0 bridgehead atoms. The number of nitrogens with one attached hydrogen (secondary N) is 1. The summed E-state index contributed by atoms with van der Waals surface area (Å²) in [4.78, 5) is 12.6. The van der Waals surface area contributed by atoms with Gasteiger partial charge in [-0.25, -0.2) is 4.68 Å². The normalized spacial score (nSPS) is 10.6. The topological polar surface area (TPSA) is 46.9 Å². The molecule has 1 amide bonds. The Morgan fingerprint density at radius 1 is 1.13 bits per heavy atom. The van der Waals surface area contributed by atoms with Crippen LogP contribution >= 0.6 is 23.2 Å². The van der Waals surface area contributed by atoms with Gasteiger partial charge in [-0.1, -0.05) is 35.3 Å². The van der Waals surface area contributed by atoms with Crippen molar-refractivity contribution in [1.82, 2.24) is 9.78 Å². The van der Waals surface area contributed by atoms with Gasteiger partial charge in [0.05, 0.1) is 27.0 Å². The summed E-state index contributed by atoms with van der Waals surface area (Å²) < 4.78 is 1.67. The maximum atomic E-state index is 12.6. The van der Waals surface area contributed by atoms with Crippen molar-refractivity contribution in [2.75, 3.05) is 5.32 Å². The minimum absolute atomic E-state index is 0.259. The number of benzene rings is 2. The number of amides is 1. The van der Waals surface area contributed by atoms with Gasteiger partial charge in [-0.15, -0.1) is 0 Å². The van der Waals surface area contributed by atoms with Crippen LogP contribution in [0.1, 0.15) is 15.9 Å². The summed E-state index contributed by atoms with van der Waals surface area (Å²) in [6, 6.07) is 12.6. The van der Waals surface area contributed by atoms with E-state index in [0.717, 1.165) is 11.3 Å². The second-order valence-corrected chi connectivity index (χ2v) is 5.84. The summed E-state index contributed by atoms with van der Waals surface area (Å²) in [6.45, 7) is 1.87. The standard InChI is InChI=1S/C17H13Cl2N3O/c1-11-9-12(18)16(13(19)10-11)17(23)21-14-5-2-3-6-15(14)22-8-4-7-20-22/h2-10H,1H3,(H,21,23). The molecule has 6 heteroatoms. The smallest absolute Gasteiger partial charge is 0.258 e. The maximum absolute atomic E-state index is 12.6. The van der Waals surface area contributed by atoms with Crippen LogP contribution in [0.3, 0.4) is 0 Å². The van der Waals surface area contributed by atoms with Gasteiger partial charge in [0.1, 0.15) is 0 Å². The molecule has 0 radical (unpaired) electrons. The lowest BCUT2D eigenvalue weighted by Gasteiger charge is -2.13. The number of aromatic nitrogens is 2. The molecule has 0 unspecified atom stereocenters. The van der Waals surface area contributed by atoms with Crippen molar-refractivity contribution in [2.24, 2.45) is 0 Å². The number of hydrogen-bond acceptors (Lipinski definition) is 2. The molecular weight excluding hydrogens is 333 g/mol. The van der Waals surface area contributed by atoms with Gasteiger partial charge in [-0.3, -0.25) is 4.79 Å². The SMILES string of the molecule is Cc1cc(Cl)c(C(=O)Nc2ccccc2-n2cccn2)c(Cl)c1. The Hall–Kier alpha value is -2.30. The van der Waals surface area contributed by atoms with Crippen LogP contribution in [0, 0.1) is 6.92 Å². The first-order valence-electron chi connectivity index (χ1n) is 6.92. The third-order valence-corrected chi connectivity index (χ3v) is 3.91. The monoisotopic (exact) mass is 345 g/mol. The van der Waals surface area contributed by atoms with Crippen LogP contribution in [0.25, 0.3) is 5.69 Å². The predicted molar refractivity (Wildman–Crippen MR) is 92.7 cm³/mol. The zero-order valence-electron chi connectivity index (χ0n) is 12.3. The molecule has 0 spiro atoms. The van der Waals surface area contributed by atoms with Crippen LogP contribution in [0.4, 0.5) is 5.69 Å². The van der Waals surface area contributed by atoms with Crippen molar-refractivity contribution in [3.63, 3.8) is 0 Å². The molecule has 1 heterocycles. The Morgan fingerprint density at radius 2 is 1.83 bits per heavy atom. The number of aryl methyl sites for hydroxylation is 1. The van der Waals surface area contributed by atoms with Crippen molar-refractivity contribution in [3.8, 4) is 5.69 Å². The minimum Gasteiger partial charge on any atom is -0.320 e. The summed E-state index contributed by atoms with van der Waals surface area (Å²) in [5, 5.41) is 7.68. The van der Waals surface area contributed by atoms with Crippen LogP contribution in [-0.2, 0) is 0 Å². The van der Waals surface area contributed by atoms with Crippen LogP contribution in [-0.4, -0.2) is 15.7 Å². The molecular formula is C17H13Cl2N3O. The third-order valence-electron chi connectivity index (χ3n) is 3.32. The molecule has 2 aromatic carbocycles. The molecule has 0 aliphatic carbocycles. The molecule has 1 aromatic heterocycles. The molecule has 0 fully saturated rings. The maximum Gasteiger partial charge on any atom is 0.258 e. The zero-order valence-corrected chi connectivity index (χ0v) is 13.8. The van der Waals surface area contributed by atoms with Gasteiger partial charge in [0.25, 0.3) is 5.91 Å². The summed E-state index contributed by atoms with van der Waals surface area (Å²) in [5.74, 6) is -0.361. The van der Waals surface area contributed by atoms with Gasteiger partial charge in [0, 0.05) is 12.4 Å². The summed E-state index contributed by atoms with van der Waals surface area (Å²) >= 11 is 12.3. The van der Waals surface area contributed by atoms with E-state index in [-0.39, 0.29) is 11.5 Å². The van der Waals surface area contributed by atoms with Gasteiger partial charge in [0.15, 0.2) is 0 Å². The molecule has 0 saturated heterocycles. The highest BCUT2D eigenvalue weighted by Gasteiger charge is 2.17. The first-order valence-corrected chi connectivity index (χ1v) is 7.68. The first kappa shape index (κ1) is 15.6. The van der Waals surface area contributed by atoms with E-state index in [4.69, 9.17) is 23.2 Å². The van der Waals surface area contributed by atoms with E-state index in [2.05, 4.69) is 10.4 Å². The Kier molecular flexibility index (Phi) is 4.37. The highest BCUT2D eigenvalue weighted by Crippen LogP contribution is 2.28. The lowest BCUT2D eigenvalue weighted by molar-refractivity contribution is 0.102. The van der Waals surface area contributed by atoms with E-state index < -0.39 is 0 Å². The Balaban J connectivity index is 1.96. The summed E-state index contributed by atoms with van der Waals surface area (Å²) in [6.07, 6.45) is 3.48. The van der Waals surface area contributed by atoms with Crippen LogP contribution in [0.15, 0.2) is 54.9 Å². The highest BCUT2D eigenvalue weighted by atomic mass is 35.5. The highest BCUT2D eigenvalue weighted by molar-refractivity contribution is 6.40. The fourth-order valence-corrected chi connectivity index (χ4v) is 3.06. The van der Waals surface area contributed by atoms with E-state index >= 15 is 0 Å². The predicted octanol–water partition coefficient (Wildman–Crippen LogP) is 4.74. The quantitative estimate of drug-likeness (QED) is 0.745. The van der Waals surface area contributed by atoms with Crippen LogP contribution < -0.4 is 5.32 Å². The van der Waals surface area contributed by atoms with Gasteiger partial charge < -0.3 is 5.32 Å². The molecule has 116 valence electrons. The molecule has 1 N–H and O–H groups in total. The van der Waals surface area contributed by atoms with Gasteiger partial charge in [-0.05, 0) is 42.8 Å². The van der Waals surface area contributed by atoms with Crippen LogP contribution in [0.5, 0.6) is 0 Å². The van der Waals surface area contributed by atoms with Crippen molar-refractivity contribution in [1.29, 1.82) is 0 Å². The average Bonchev–Trinajstić information content (AvgIpc) is 3.00. The van der Waals surface area contributed by atoms with Gasteiger partial charge in [0.2, 0.25) is 0 Å². The number of rotatable bonds is 3. The van der Waals surface area contributed by atoms with Crippen molar-refractivity contribution in [3.05, 3.63) is 76.0 Å². The number of carbonyl (C=O) groups is 1. The van der Waals surface area contributed by atoms with Gasteiger partial charge >= 0.3 is 0 Å². The van der Waals surface area contributed by atoms with Crippen molar-refractivity contribution in [2.45, 2.75) is 6.92 Å². The molecule has 3 rings (SSSR count). The molecule has 0 saturated carbocycles. The largest absolute Gasteiger partial charge is 0.320 e. The van der Waals surface area contributed by atoms with E-state index in [0.29, 0.717) is 15.7 Å². The zero-order chi connectivity index (χ0) is 16.4. The molecule has 0 atom stereocenters. The van der Waals surface area contributed by atoms with Crippen LogP contribution in [0.2, 0.25) is 10.0 Å². The Bertz CT molecular complexity index is 837. The molecule has 4 nitrogen and oxygen atoms in total. The molecule has 0 aliphatic rings. The van der Waals surface area contributed by atoms with E-state index in [1.807, 2.05) is 31.2 Å². The fourth-order valence-electron chi connectivity index (χ4n) is 2.29.